The van der Waals surface area contributed by atoms with E-state index in [1.807, 2.05) is 11.1 Å². The summed E-state index contributed by atoms with van der Waals surface area (Å²) < 4.78 is 0. The molecule has 0 nitrogen and oxygen atoms in total. The number of hydrogen-bond acceptors (Lipinski definition) is 0. The maximum absolute atomic E-state index is 2.51. The van der Waals surface area contributed by atoms with Crippen molar-refractivity contribution in [3.8, 4) is 0 Å². The third-order valence-electron chi connectivity index (χ3n) is 4.05. The smallest absolute Gasteiger partial charge is 0.000145 e. The summed E-state index contributed by atoms with van der Waals surface area (Å²) in [4.78, 5) is 0. The van der Waals surface area contributed by atoms with E-state index in [1.165, 1.54) is 25.7 Å². The van der Waals surface area contributed by atoms with Crippen LogP contribution in [-0.2, 0) is 0 Å². The summed E-state index contributed by atoms with van der Waals surface area (Å²) >= 11 is 0. The second-order valence-electron chi connectivity index (χ2n) is 4.47. The Morgan fingerprint density at radius 1 is 1.40 bits per heavy atom. The van der Waals surface area contributed by atoms with E-state index in [1.54, 1.807) is 5.57 Å². The van der Waals surface area contributed by atoms with E-state index in [9.17, 15) is 0 Å². The third-order valence-corrected chi connectivity index (χ3v) is 4.05. The maximum Gasteiger partial charge on any atom is 0.000145 e. The standard InChI is InChI=1S/C10H10/c1-6-3-10-4-7(6)2-9(10)8(1)5-10/h2,8H,1,3-5H2. The van der Waals surface area contributed by atoms with Crippen LogP contribution >= 0.6 is 0 Å². The molecule has 6 aliphatic carbocycles. The van der Waals surface area contributed by atoms with Gasteiger partial charge in [0.2, 0.25) is 0 Å². The van der Waals surface area contributed by atoms with Gasteiger partial charge in [-0.25, -0.2) is 0 Å². The van der Waals surface area contributed by atoms with E-state index in [-0.39, 0.29) is 0 Å². The molecule has 0 aromatic carbocycles. The highest BCUT2D eigenvalue weighted by Gasteiger charge is 2.60. The predicted octanol–water partition coefficient (Wildman–Crippen LogP) is 2.43. The molecule has 1 spiro atoms. The second kappa shape index (κ2) is 0.939. The molecule has 5 bridgehead atoms. The Balaban J connectivity index is 2.16. The zero-order chi connectivity index (χ0) is 6.34. The Hall–Kier alpha value is -0.520. The van der Waals surface area contributed by atoms with Gasteiger partial charge in [0.25, 0.3) is 0 Å². The minimum absolute atomic E-state index is 0.758. The molecule has 50 valence electrons. The molecule has 0 heterocycles. The Bertz CT molecular complexity index is 302. The van der Waals surface area contributed by atoms with Gasteiger partial charge in [0.1, 0.15) is 0 Å². The monoisotopic (exact) mass is 130 g/mol. The van der Waals surface area contributed by atoms with Crippen molar-refractivity contribution in [2.45, 2.75) is 25.7 Å². The van der Waals surface area contributed by atoms with Gasteiger partial charge in [0.05, 0.1) is 0 Å². The average Bonchev–Trinajstić information content (AvgIpc) is 2.32. The van der Waals surface area contributed by atoms with Crippen LogP contribution in [0.5, 0.6) is 0 Å². The molecule has 0 saturated heterocycles. The summed E-state index contributed by atoms with van der Waals surface area (Å²) in [5.74, 6) is 1.02. The quantitative estimate of drug-likeness (QED) is 0.472. The van der Waals surface area contributed by atoms with Gasteiger partial charge in [-0.2, -0.15) is 0 Å². The number of hydrogen-bond donors (Lipinski definition) is 0. The molecule has 3 fully saturated rings. The van der Waals surface area contributed by atoms with Gasteiger partial charge in [0, 0.05) is 5.41 Å². The largest absolute Gasteiger partial charge is 0.0655 e. The third kappa shape index (κ3) is 0.236. The number of rotatable bonds is 0. The zero-order valence-corrected chi connectivity index (χ0v) is 5.98. The fourth-order valence-corrected chi connectivity index (χ4v) is 3.72. The highest BCUT2D eigenvalue weighted by Crippen LogP contribution is 2.72. The van der Waals surface area contributed by atoms with Crippen molar-refractivity contribution in [2.75, 3.05) is 0 Å². The van der Waals surface area contributed by atoms with Crippen molar-refractivity contribution < 1.29 is 0 Å². The highest BCUT2D eigenvalue weighted by molar-refractivity contribution is 5.57. The predicted molar refractivity (Wildman–Crippen MR) is 39.5 cm³/mol. The molecule has 6 rings (SSSR count). The molecule has 0 amide bonds. The van der Waals surface area contributed by atoms with Gasteiger partial charge < -0.3 is 0 Å². The van der Waals surface area contributed by atoms with Crippen molar-refractivity contribution in [2.24, 2.45) is 11.3 Å². The molecule has 2 unspecified atom stereocenters. The lowest BCUT2D eigenvalue weighted by atomic mass is 9.52. The topological polar surface area (TPSA) is 0 Å². The van der Waals surface area contributed by atoms with E-state index >= 15 is 0 Å². The zero-order valence-electron chi connectivity index (χ0n) is 5.98. The van der Waals surface area contributed by atoms with Gasteiger partial charge in [-0.05, 0) is 37.2 Å². The molecule has 0 aromatic heterocycles. The van der Waals surface area contributed by atoms with Crippen molar-refractivity contribution in [1.82, 2.24) is 0 Å². The first-order valence-electron chi connectivity index (χ1n) is 4.30. The van der Waals surface area contributed by atoms with Crippen LogP contribution in [0.25, 0.3) is 0 Å². The van der Waals surface area contributed by atoms with E-state index in [4.69, 9.17) is 0 Å². The van der Waals surface area contributed by atoms with E-state index in [0.717, 1.165) is 11.3 Å². The fraction of sp³-hybridized carbons (Fsp3) is 0.600. The molecular weight excluding hydrogens is 120 g/mol. The van der Waals surface area contributed by atoms with Crippen molar-refractivity contribution in [3.05, 3.63) is 22.8 Å². The Kier molecular flexibility index (Phi) is 0.411. The molecule has 10 heavy (non-hydrogen) atoms. The van der Waals surface area contributed by atoms with Crippen LogP contribution in [0.2, 0.25) is 0 Å². The first kappa shape index (κ1) is 4.38. The van der Waals surface area contributed by atoms with Crippen LogP contribution in [-0.4, -0.2) is 0 Å². The number of allylic oxidation sites excluding steroid dienone is 4. The van der Waals surface area contributed by atoms with Gasteiger partial charge in [0.15, 0.2) is 0 Å². The van der Waals surface area contributed by atoms with Crippen LogP contribution in [0.4, 0.5) is 0 Å². The van der Waals surface area contributed by atoms with Crippen LogP contribution in [0.3, 0.4) is 0 Å². The van der Waals surface area contributed by atoms with E-state index in [2.05, 4.69) is 6.08 Å². The minimum Gasteiger partial charge on any atom is -0.0655 e. The summed E-state index contributed by atoms with van der Waals surface area (Å²) in [5, 5.41) is 0. The molecule has 2 atom stereocenters. The molecule has 0 radical (unpaired) electrons. The van der Waals surface area contributed by atoms with Crippen LogP contribution in [0.15, 0.2) is 22.8 Å². The van der Waals surface area contributed by atoms with Crippen molar-refractivity contribution in [1.29, 1.82) is 0 Å². The summed E-state index contributed by atoms with van der Waals surface area (Å²) in [6.45, 7) is 0. The van der Waals surface area contributed by atoms with Gasteiger partial charge >= 0.3 is 0 Å². The maximum atomic E-state index is 2.51. The normalized spacial score (nSPS) is 52.0. The lowest BCUT2D eigenvalue weighted by Crippen LogP contribution is -2.41. The van der Waals surface area contributed by atoms with Gasteiger partial charge in [-0.15, -0.1) is 0 Å². The average molecular weight is 130 g/mol. The molecule has 0 aromatic rings. The lowest BCUT2D eigenvalue weighted by molar-refractivity contribution is 0.151. The summed E-state index contributed by atoms with van der Waals surface area (Å²) in [6.07, 6.45) is 8.39. The van der Waals surface area contributed by atoms with Crippen LogP contribution in [0, 0.1) is 11.3 Å². The van der Waals surface area contributed by atoms with E-state index < -0.39 is 0 Å². The Morgan fingerprint density at radius 2 is 2.40 bits per heavy atom. The molecule has 3 saturated carbocycles. The summed E-state index contributed by atoms with van der Waals surface area (Å²) in [5.41, 5.74) is 6.17. The minimum atomic E-state index is 0.758. The Labute approximate surface area is 60.6 Å². The van der Waals surface area contributed by atoms with Crippen molar-refractivity contribution in [3.63, 3.8) is 0 Å². The lowest BCUT2D eigenvalue weighted by Gasteiger charge is -2.52. The molecule has 0 aliphatic heterocycles. The summed E-state index contributed by atoms with van der Waals surface area (Å²) in [6, 6.07) is 0. The molecule has 6 aliphatic rings. The summed E-state index contributed by atoms with van der Waals surface area (Å²) in [7, 11) is 0. The van der Waals surface area contributed by atoms with Crippen LogP contribution < -0.4 is 0 Å². The SMILES string of the molecule is C1=C2C3CC4=C1CC2(C4)C3. The van der Waals surface area contributed by atoms with E-state index in [0.29, 0.717) is 0 Å². The molecule has 0 heteroatoms. The second-order valence-corrected chi connectivity index (χ2v) is 4.47. The fourth-order valence-electron chi connectivity index (χ4n) is 3.72. The molecule has 0 N–H and O–H groups in total. The van der Waals surface area contributed by atoms with Gasteiger partial charge in [-0.1, -0.05) is 17.2 Å². The highest BCUT2D eigenvalue weighted by atomic mass is 14.6. The molecular formula is C10H10. The first-order chi connectivity index (χ1) is 4.87. The van der Waals surface area contributed by atoms with Crippen LogP contribution in [0.1, 0.15) is 25.7 Å². The first-order valence-corrected chi connectivity index (χ1v) is 4.30. The van der Waals surface area contributed by atoms with Crippen molar-refractivity contribution >= 4 is 0 Å². The van der Waals surface area contributed by atoms with Gasteiger partial charge in [-0.3, -0.25) is 0 Å². The Morgan fingerprint density at radius 3 is 3.00 bits per heavy atom.